The van der Waals surface area contributed by atoms with Crippen LogP contribution in [0.25, 0.3) is 17.0 Å². The summed E-state index contributed by atoms with van der Waals surface area (Å²) in [6.07, 6.45) is 3.51. The van der Waals surface area contributed by atoms with E-state index < -0.39 is 0 Å². The lowest BCUT2D eigenvalue weighted by Crippen LogP contribution is -2.21. The molecule has 0 atom stereocenters. The molecule has 0 unspecified atom stereocenters. The average Bonchev–Trinajstić information content (AvgIpc) is 3.03. The maximum atomic E-state index is 12.2. The summed E-state index contributed by atoms with van der Waals surface area (Å²) in [5.74, 6) is 0.248. The molecule has 8 heteroatoms. The number of rotatable bonds is 5. The number of hydrogen-bond donors (Lipinski definition) is 1. The van der Waals surface area contributed by atoms with Gasteiger partial charge in [-0.1, -0.05) is 29.8 Å². The first-order valence-electron chi connectivity index (χ1n) is 8.56. The highest BCUT2D eigenvalue weighted by Gasteiger charge is 2.14. The summed E-state index contributed by atoms with van der Waals surface area (Å²) in [7, 11) is 0. The van der Waals surface area contributed by atoms with E-state index >= 15 is 0 Å². The molecule has 0 aliphatic rings. The van der Waals surface area contributed by atoms with Crippen LogP contribution in [0, 0.1) is 6.92 Å². The van der Waals surface area contributed by atoms with Gasteiger partial charge in [0.15, 0.2) is 6.61 Å². The number of nitrogens with zero attached hydrogens (tertiary/aromatic N) is 4. The highest BCUT2D eigenvalue weighted by Crippen LogP contribution is 2.24. The van der Waals surface area contributed by atoms with Crippen molar-refractivity contribution in [1.82, 2.24) is 19.4 Å². The maximum Gasteiger partial charge on any atom is 0.264 e. The smallest absolute Gasteiger partial charge is 0.264 e. The molecule has 0 aliphatic heterocycles. The van der Waals surface area contributed by atoms with E-state index in [-0.39, 0.29) is 18.5 Å². The number of nitrogens with one attached hydrogen (secondary N) is 1. The molecule has 0 fully saturated rings. The third-order valence-corrected chi connectivity index (χ3v) is 4.36. The largest absolute Gasteiger partial charge is 0.482 e. The number of carbonyl (C=O) groups is 1. The van der Waals surface area contributed by atoms with Gasteiger partial charge in [0, 0.05) is 12.4 Å². The number of pyridine rings is 1. The minimum Gasteiger partial charge on any atom is -0.482 e. The molecular formula is C20H16ClN5O2. The van der Waals surface area contributed by atoms with Crippen LogP contribution in [0.3, 0.4) is 0 Å². The van der Waals surface area contributed by atoms with Crippen molar-refractivity contribution in [3.05, 3.63) is 71.6 Å². The molecular weight excluding hydrogens is 378 g/mol. The van der Waals surface area contributed by atoms with E-state index in [1.54, 1.807) is 36.5 Å². The molecule has 0 spiro atoms. The molecule has 28 heavy (non-hydrogen) atoms. The number of amides is 1. The number of anilines is 1. The van der Waals surface area contributed by atoms with Crippen molar-refractivity contribution in [2.75, 3.05) is 11.9 Å². The number of para-hydroxylation sites is 1. The zero-order valence-electron chi connectivity index (χ0n) is 15.0. The van der Waals surface area contributed by atoms with E-state index in [1.807, 2.05) is 35.7 Å². The van der Waals surface area contributed by atoms with Crippen LogP contribution in [0.5, 0.6) is 5.75 Å². The Hall–Kier alpha value is -3.45. The van der Waals surface area contributed by atoms with E-state index in [0.717, 1.165) is 17.0 Å². The van der Waals surface area contributed by atoms with Gasteiger partial charge in [0.2, 0.25) is 5.95 Å². The predicted octanol–water partition coefficient (Wildman–Crippen LogP) is 3.77. The Balaban J connectivity index is 1.52. The standard InChI is InChI=1S/C20H16ClN5O2/c1-13-19(26-11-5-4-8-17(26)23-13)15-9-10-22-20(24-15)25-18(27)12-28-16-7-3-2-6-14(16)21/h2-11H,12H2,1H3,(H,22,24,25,27). The highest BCUT2D eigenvalue weighted by atomic mass is 35.5. The van der Waals surface area contributed by atoms with Gasteiger partial charge >= 0.3 is 0 Å². The number of fused-ring (bicyclic) bond motifs is 1. The third-order valence-electron chi connectivity index (χ3n) is 4.05. The highest BCUT2D eigenvalue weighted by molar-refractivity contribution is 6.32. The fourth-order valence-corrected chi connectivity index (χ4v) is 3.03. The minimum atomic E-state index is -0.382. The molecule has 0 radical (unpaired) electrons. The van der Waals surface area contributed by atoms with Crippen molar-refractivity contribution < 1.29 is 9.53 Å². The molecule has 7 nitrogen and oxygen atoms in total. The molecule has 0 saturated heterocycles. The summed E-state index contributed by atoms with van der Waals surface area (Å²) < 4.78 is 7.38. The SMILES string of the molecule is Cc1nc2ccccn2c1-c1ccnc(NC(=O)COc2ccccc2Cl)n1. The Kier molecular flexibility index (Phi) is 4.90. The number of ether oxygens (including phenoxy) is 1. The molecule has 4 rings (SSSR count). The number of aromatic nitrogens is 4. The Morgan fingerprint density at radius 3 is 2.82 bits per heavy atom. The van der Waals surface area contributed by atoms with Gasteiger partial charge in [-0.15, -0.1) is 0 Å². The molecule has 1 aromatic carbocycles. The van der Waals surface area contributed by atoms with E-state index in [2.05, 4.69) is 20.3 Å². The summed E-state index contributed by atoms with van der Waals surface area (Å²) in [5, 5.41) is 3.08. The van der Waals surface area contributed by atoms with Crippen LogP contribution in [0.2, 0.25) is 5.02 Å². The summed E-state index contributed by atoms with van der Waals surface area (Å²) in [4.78, 5) is 25.3. The van der Waals surface area contributed by atoms with Crippen LogP contribution in [0.4, 0.5) is 5.95 Å². The zero-order chi connectivity index (χ0) is 19.5. The Bertz CT molecular complexity index is 1160. The summed E-state index contributed by atoms with van der Waals surface area (Å²) in [5.41, 5.74) is 3.17. The van der Waals surface area contributed by atoms with Crippen molar-refractivity contribution in [3.8, 4) is 17.1 Å². The third kappa shape index (κ3) is 3.65. The van der Waals surface area contributed by atoms with Crippen molar-refractivity contribution in [1.29, 1.82) is 0 Å². The van der Waals surface area contributed by atoms with E-state index in [1.165, 1.54) is 0 Å². The minimum absolute atomic E-state index is 0.190. The monoisotopic (exact) mass is 393 g/mol. The second-order valence-electron chi connectivity index (χ2n) is 6.01. The fourth-order valence-electron chi connectivity index (χ4n) is 2.84. The lowest BCUT2D eigenvalue weighted by Gasteiger charge is -2.08. The normalized spacial score (nSPS) is 10.8. The zero-order valence-corrected chi connectivity index (χ0v) is 15.7. The molecule has 140 valence electrons. The molecule has 1 amide bonds. The van der Waals surface area contributed by atoms with Gasteiger partial charge in [0.05, 0.1) is 22.1 Å². The van der Waals surface area contributed by atoms with Crippen LogP contribution < -0.4 is 10.1 Å². The number of carbonyl (C=O) groups excluding carboxylic acids is 1. The first-order valence-corrected chi connectivity index (χ1v) is 8.94. The van der Waals surface area contributed by atoms with Crippen LogP contribution in [0.1, 0.15) is 5.69 Å². The van der Waals surface area contributed by atoms with Crippen molar-refractivity contribution >= 4 is 29.1 Å². The fraction of sp³-hybridized carbons (Fsp3) is 0.100. The molecule has 4 aromatic rings. The van der Waals surface area contributed by atoms with Crippen LogP contribution in [-0.2, 0) is 4.79 Å². The number of benzene rings is 1. The molecule has 1 N–H and O–H groups in total. The summed E-state index contributed by atoms with van der Waals surface area (Å²) in [6, 6.07) is 14.5. The van der Waals surface area contributed by atoms with Crippen LogP contribution in [0.15, 0.2) is 60.9 Å². The Morgan fingerprint density at radius 1 is 1.14 bits per heavy atom. The van der Waals surface area contributed by atoms with Gasteiger partial charge in [-0.25, -0.2) is 15.0 Å². The maximum absolute atomic E-state index is 12.2. The summed E-state index contributed by atoms with van der Waals surface area (Å²) in [6.45, 7) is 1.71. The molecule has 0 saturated carbocycles. The number of halogens is 1. The summed E-state index contributed by atoms with van der Waals surface area (Å²) >= 11 is 6.02. The van der Waals surface area contributed by atoms with E-state index in [0.29, 0.717) is 16.5 Å². The molecule has 0 bridgehead atoms. The van der Waals surface area contributed by atoms with Crippen molar-refractivity contribution in [2.45, 2.75) is 6.92 Å². The van der Waals surface area contributed by atoms with E-state index in [9.17, 15) is 4.79 Å². The second-order valence-corrected chi connectivity index (χ2v) is 6.41. The molecule has 3 aromatic heterocycles. The van der Waals surface area contributed by atoms with E-state index in [4.69, 9.17) is 16.3 Å². The van der Waals surface area contributed by atoms with Gasteiger partial charge in [-0.05, 0) is 37.3 Å². The lowest BCUT2D eigenvalue weighted by molar-refractivity contribution is -0.118. The first kappa shape index (κ1) is 17.9. The topological polar surface area (TPSA) is 81.4 Å². The number of imidazole rings is 1. The lowest BCUT2D eigenvalue weighted by atomic mass is 10.2. The van der Waals surface area contributed by atoms with Gasteiger partial charge in [0.1, 0.15) is 11.4 Å². The van der Waals surface area contributed by atoms with Gasteiger partial charge in [-0.2, -0.15) is 0 Å². The first-order chi connectivity index (χ1) is 13.6. The van der Waals surface area contributed by atoms with Crippen molar-refractivity contribution in [2.24, 2.45) is 0 Å². The molecule has 0 aliphatic carbocycles. The van der Waals surface area contributed by atoms with Crippen molar-refractivity contribution in [3.63, 3.8) is 0 Å². The van der Waals surface area contributed by atoms with Crippen LogP contribution >= 0.6 is 11.6 Å². The van der Waals surface area contributed by atoms with Gasteiger partial charge in [-0.3, -0.25) is 14.5 Å². The second kappa shape index (κ2) is 7.66. The predicted molar refractivity (Wildman–Crippen MR) is 107 cm³/mol. The van der Waals surface area contributed by atoms with Gasteiger partial charge in [0.25, 0.3) is 5.91 Å². The quantitative estimate of drug-likeness (QED) is 0.558. The Morgan fingerprint density at radius 2 is 1.96 bits per heavy atom. The number of aryl methyl sites for hydroxylation is 1. The van der Waals surface area contributed by atoms with Crippen LogP contribution in [-0.4, -0.2) is 31.9 Å². The molecule has 3 heterocycles. The van der Waals surface area contributed by atoms with Gasteiger partial charge < -0.3 is 4.74 Å². The Labute approximate surface area is 166 Å². The number of hydrogen-bond acceptors (Lipinski definition) is 5. The average molecular weight is 394 g/mol.